The largest absolute Gasteiger partial charge is 0.322 e. The number of benzene rings is 1. The lowest BCUT2D eigenvalue weighted by atomic mass is 10.2. The van der Waals surface area contributed by atoms with Crippen LogP contribution in [0.4, 0.5) is 11.5 Å². The molecule has 2 aromatic rings. The van der Waals surface area contributed by atoms with Crippen LogP contribution in [0.5, 0.6) is 0 Å². The lowest BCUT2D eigenvalue weighted by Crippen LogP contribution is -2.14. The molecule has 1 amide bonds. The van der Waals surface area contributed by atoms with Crippen LogP contribution < -0.4 is 16.6 Å². The zero-order chi connectivity index (χ0) is 13.8. The zero-order valence-corrected chi connectivity index (χ0v) is 11.2. The summed E-state index contributed by atoms with van der Waals surface area (Å²) in [5.41, 5.74) is 3.27. The van der Waals surface area contributed by atoms with E-state index in [9.17, 15) is 4.79 Å². The molecule has 98 valence electrons. The number of hydrogen-bond donors (Lipinski definition) is 3. The Balaban J connectivity index is 2.22. The molecule has 0 saturated heterocycles. The average molecular weight is 297 g/mol. The van der Waals surface area contributed by atoms with Crippen molar-refractivity contribution in [1.29, 1.82) is 0 Å². The Morgan fingerprint density at radius 3 is 2.68 bits per heavy atom. The first-order valence-corrected chi connectivity index (χ1v) is 6.05. The highest BCUT2D eigenvalue weighted by Crippen LogP contribution is 2.18. The van der Waals surface area contributed by atoms with Crippen LogP contribution in [0.1, 0.15) is 10.4 Å². The molecular weight excluding hydrogens is 287 g/mol. The SMILES string of the molecule is NNc1cc(C(=O)Nc2cccc(Cl)c2)cc(Cl)n1. The number of carbonyl (C=O) groups is 1. The minimum Gasteiger partial charge on any atom is -0.322 e. The summed E-state index contributed by atoms with van der Waals surface area (Å²) >= 11 is 11.6. The van der Waals surface area contributed by atoms with Crippen LogP contribution in [0.2, 0.25) is 10.2 Å². The second-order valence-electron chi connectivity index (χ2n) is 3.67. The third-order valence-electron chi connectivity index (χ3n) is 2.29. The Labute approximate surface area is 119 Å². The molecule has 1 aromatic carbocycles. The molecule has 0 fully saturated rings. The highest BCUT2D eigenvalue weighted by atomic mass is 35.5. The first-order chi connectivity index (χ1) is 9.08. The summed E-state index contributed by atoms with van der Waals surface area (Å²) in [5.74, 6) is 5.22. The van der Waals surface area contributed by atoms with Crippen molar-refractivity contribution in [1.82, 2.24) is 4.98 Å². The van der Waals surface area contributed by atoms with E-state index in [2.05, 4.69) is 15.7 Å². The second kappa shape index (κ2) is 5.88. The molecule has 1 aromatic heterocycles. The first-order valence-electron chi connectivity index (χ1n) is 5.29. The van der Waals surface area contributed by atoms with Gasteiger partial charge in [-0.15, -0.1) is 0 Å². The summed E-state index contributed by atoms with van der Waals surface area (Å²) in [6, 6.07) is 9.77. The molecule has 0 spiro atoms. The number of hydrazine groups is 1. The molecule has 5 nitrogen and oxygen atoms in total. The van der Waals surface area contributed by atoms with Gasteiger partial charge in [0.1, 0.15) is 11.0 Å². The van der Waals surface area contributed by atoms with Crippen LogP contribution in [-0.4, -0.2) is 10.9 Å². The minimum atomic E-state index is -0.330. The van der Waals surface area contributed by atoms with Crippen molar-refractivity contribution in [2.75, 3.05) is 10.7 Å². The molecule has 0 atom stereocenters. The van der Waals surface area contributed by atoms with Gasteiger partial charge < -0.3 is 10.7 Å². The Morgan fingerprint density at radius 1 is 1.21 bits per heavy atom. The van der Waals surface area contributed by atoms with Crippen molar-refractivity contribution in [3.05, 3.63) is 52.1 Å². The van der Waals surface area contributed by atoms with Crippen molar-refractivity contribution in [2.24, 2.45) is 5.84 Å². The number of nitrogens with one attached hydrogen (secondary N) is 2. The monoisotopic (exact) mass is 296 g/mol. The zero-order valence-electron chi connectivity index (χ0n) is 9.65. The highest BCUT2D eigenvalue weighted by molar-refractivity contribution is 6.31. The smallest absolute Gasteiger partial charge is 0.255 e. The van der Waals surface area contributed by atoms with Gasteiger partial charge in [0.2, 0.25) is 0 Å². The lowest BCUT2D eigenvalue weighted by molar-refractivity contribution is 0.102. The van der Waals surface area contributed by atoms with E-state index in [-0.39, 0.29) is 11.1 Å². The maximum absolute atomic E-state index is 12.0. The summed E-state index contributed by atoms with van der Waals surface area (Å²) in [7, 11) is 0. The van der Waals surface area contributed by atoms with E-state index in [1.807, 2.05) is 0 Å². The topological polar surface area (TPSA) is 80.0 Å². The summed E-state index contributed by atoms with van der Waals surface area (Å²) in [5, 5.41) is 3.41. The van der Waals surface area contributed by atoms with Crippen molar-refractivity contribution < 1.29 is 4.79 Å². The van der Waals surface area contributed by atoms with Gasteiger partial charge in [-0.1, -0.05) is 29.3 Å². The number of aromatic nitrogens is 1. The van der Waals surface area contributed by atoms with E-state index in [0.29, 0.717) is 22.1 Å². The molecule has 7 heteroatoms. The minimum absolute atomic E-state index is 0.173. The van der Waals surface area contributed by atoms with Gasteiger partial charge in [0.05, 0.1) is 0 Å². The Kier molecular flexibility index (Phi) is 4.21. The fourth-order valence-electron chi connectivity index (χ4n) is 1.47. The number of amides is 1. The molecule has 0 bridgehead atoms. The van der Waals surface area contributed by atoms with Crippen molar-refractivity contribution in [3.63, 3.8) is 0 Å². The van der Waals surface area contributed by atoms with Crippen LogP contribution >= 0.6 is 23.2 Å². The molecule has 0 aliphatic heterocycles. The fraction of sp³-hybridized carbons (Fsp3) is 0. The van der Waals surface area contributed by atoms with E-state index in [4.69, 9.17) is 29.0 Å². The van der Waals surface area contributed by atoms with Crippen LogP contribution in [0.15, 0.2) is 36.4 Å². The normalized spacial score (nSPS) is 10.1. The van der Waals surface area contributed by atoms with E-state index in [1.165, 1.54) is 12.1 Å². The van der Waals surface area contributed by atoms with E-state index >= 15 is 0 Å². The van der Waals surface area contributed by atoms with Crippen LogP contribution in [0, 0.1) is 0 Å². The molecule has 4 N–H and O–H groups in total. The fourth-order valence-corrected chi connectivity index (χ4v) is 1.87. The number of carbonyl (C=O) groups excluding carboxylic acids is 1. The standard InChI is InChI=1S/C12H10Cl2N4O/c13-8-2-1-3-9(6-8)16-12(19)7-4-10(14)17-11(5-7)18-15/h1-6H,15H2,(H,16,19)(H,17,18). The van der Waals surface area contributed by atoms with Gasteiger partial charge in [0.25, 0.3) is 5.91 Å². The highest BCUT2D eigenvalue weighted by Gasteiger charge is 2.09. The number of hydrogen-bond acceptors (Lipinski definition) is 4. The quantitative estimate of drug-likeness (QED) is 0.462. The van der Waals surface area contributed by atoms with Gasteiger partial charge in [-0.3, -0.25) is 4.79 Å². The molecule has 0 aliphatic carbocycles. The van der Waals surface area contributed by atoms with Crippen molar-refractivity contribution in [3.8, 4) is 0 Å². The summed E-state index contributed by atoms with van der Waals surface area (Å²) < 4.78 is 0. The predicted octanol–water partition coefficient (Wildman–Crippen LogP) is 2.93. The predicted molar refractivity (Wildman–Crippen MR) is 76.5 cm³/mol. The third-order valence-corrected chi connectivity index (χ3v) is 2.72. The molecule has 1 heterocycles. The number of nitrogens with zero attached hydrogens (tertiary/aromatic N) is 1. The van der Waals surface area contributed by atoms with Gasteiger partial charge in [-0.2, -0.15) is 0 Å². The van der Waals surface area contributed by atoms with Crippen LogP contribution in [0.3, 0.4) is 0 Å². The second-order valence-corrected chi connectivity index (χ2v) is 4.50. The number of pyridine rings is 1. The number of rotatable bonds is 3. The van der Waals surface area contributed by atoms with Gasteiger partial charge in [0, 0.05) is 16.3 Å². The Morgan fingerprint density at radius 2 is 2.00 bits per heavy atom. The number of nitrogens with two attached hydrogens (primary N) is 1. The number of anilines is 2. The summed E-state index contributed by atoms with van der Waals surface area (Å²) in [4.78, 5) is 15.9. The number of nitrogen functional groups attached to an aromatic ring is 1. The van der Waals surface area contributed by atoms with Gasteiger partial charge >= 0.3 is 0 Å². The van der Waals surface area contributed by atoms with E-state index in [1.54, 1.807) is 24.3 Å². The maximum Gasteiger partial charge on any atom is 0.255 e. The van der Waals surface area contributed by atoms with Crippen LogP contribution in [0.25, 0.3) is 0 Å². The summed E-state index contributed by atoms with van der Waals surface area (Å²) in [6.07, 6.45) is 0. The van der Waals surface area contributed by atoms with Crippen molar-refractivity contribution >= 4 is 40.6 Å². The molecule has 0 aliphatic rings. The Bertz CT molecular complexity index is 618. The Hall–Kier alpha value is -1.82. The molecule has 0 saturated carbocycles. The molecule has 2 rings (SSSR count). The molecular formula is C12H10Cl2N4O. The third kappa shape index (κ3) is 3.57. The molecule has 19 heavy (non-hydrogen) atoms. The van der Waals surface area contributed by atoms with E-state index in [0.717, 1.165) is 0 Å². The lowest BCUT2D eigenvalue weighted by Gasteiger charge is -2.07. The van der Waals surface area contributed by atoms with Gasteiger partial charge in [-0.05, 0) is 30.3 Å². The van der Waals surface area contributed by atoms with Crippen molar-refractivity contribution in [2.45, 2.75) is 0 Å². The first kappa shape index (κ1) is 13.6. The summed E-state index contributed by atoms with van der Waals surface area (Å²) in [6.45, 7) is 0. The van der Waals surface area contributed by atoms with Crippen LogP contribution in [-0.2, 0) is 0 Å². The van der Waals surface area contributed by atoms with Gasteiger partial charge in [-0.25, -0.2) is 10.8 Å². The molecule has 0 radical (unpaired) electrons. The number of halogens is 2. The van der Waals surface area contributed by atoms with Gasteiger partial charge in [0.15, 0.2) is 0 Å². The maximum atomic E-state index is 12.0. The molecule has 0 unspecified atom stereocenters. The average Bonchev–Trinajstić information content (AvgIpc) is 2.38. The van der Waals surface area contributed by atoms with E-state index < -0.39 is 0 Å².